The van der Waals surface area contributed by atoms with Gasteiger partial charge in [0.15, 0.2) is 11.6 Å². The molecule has 0 atom stereocenters. The third kappa shape index (κ3) is 5.41. The first-order chi connectivity index (χ1) is 19.0. The maximum atomic E-state index is 13.9. The Hall–Kier alpha value is -3.33. The molecule has 4 aromatic rings. The number of hydrogen-bond acceptors (Lipinski definition) is 8. The average Bonchev–Trinajstić information content (AvgIpc) is 3.41. The number of nitrogens with zero attached hydrogens (tertiary/aromatic N) is 5. The van der Waals surface area contributed by atoms with Crippen molar-refractivity contribution in [2.75, 3.05) is 33.8 Å². The minimum atomic E-state index is 0.233. The number of ether oxygens (including phenoxy) is 1. The van der Waals surface area contributed by atoms with Crippen LogP contribution in [0.25, 0.3) is 22.4 Å². The molecule has 202 valence electrons. The van der Waals surface area contributed by atoms with Crippen molar-refractivity contribution < 1.29 is 14.1 Å². The van der Waals surface area contributed by atoms with E-state index < -0.39 is 0 Å². The number of ketones is 1. The molecule has 0 spiro atoms. The van der Waals surface area contributed by atoms with Crippen molar-refractivity contribution in [1.82, 2.24) is 24.9 Å². The Bertz CT molecular complexity index is 1510. The number of fused-ring (bicyclic) bond motifs is 2. The lowest BCUT2D eigenvalue weighted by atomic mass is 9.86. The molecule has 8 nitrogen and oxygen atoms in total. The predicted molar refractivity (Wildman–Crippen MR) is 150 cm³/mol. The Morgan fingerprint density at radius 1 is 1.13 bits per heavy atom. The van der Waals surface area contributed by atoms with Gasteiger partial charge in [-0.1, -0.05) is 35.0 Å². The van der Waals surface area contributed by atoms with Crippen LogP contribution in [0.4, 0.5) is 0 Å². The van der Waals surface area contributed by atoms with Crippen molar-refractivity contribution >= 4 is 28.3 Å². The second kappa shape index (κ2) is 11.0. The zero-order chi connectivity index (χ0) is 26.9. The fourth-order valence-corrected chi connectivity index (χ4v) is 5.98. The summed E-state index contributed by atoms with van der Waals surface area (Å²) < 4.78 is 11.0. The number of carbonyl (C=O) groups excluding carboxylic acids is 1. The molecule has 0 unspecified atom stereocenters. The van der Waals surface area contributed by atoms with Crippen LogP contribution in [-0.4, -0.2) is 64.5 Å². The summed E-state index contributed by atoms with van der Waals surface area (Å²) in [5.41, 5.74) is 4.46. The summed E-state index contributed by atoms with van der Waals surface area (Å²) >= 11 is 6.19. The number of Topliss-reactive ketones (excluding diaryl/α,β-unsaturated/α-hetero) is 1. The van der Waals surface area contributed by atoms with E-state index in [0.717, 1.165) is 66.6 Å². The third-order valence-corrected chi connectivity index (χ3v) is 8.18. The van der Waals surface area contributed by atoms with Crippen LogP contribution in [0.3, 0.4) is 0 Å². The van der Waals surface area contributed by atoms with Crippen molar-refractivity contribution in [3.8, 4) is 17.2 Å². The quantitative estimate of drug-likeness (QED) is 0.285. The molecule has 2 aliphatic rings. The number of methoxy groups -OCH3 is 1. The third-order valence-electron chi connectivity index (χ3n) is 7.94. The van der Waals surface area contributed by atoms with E-state index >= 15 is 0 Å². The van der Waals surface area contributed by atoms with Crippen molar-refractivity contribution in [2.45, 2.75) is 38.8 Å². The maximum absolute atomic E-state index is 13.9. The molecule has 1 fully saturated rings. The topological polar surface area (TPSA) is 84.6 Å². The van der Waals surface area contributed by atoms with Gasteiger partial charge in [0.05, 0.1) is 24.7 Å². The number of pyridine rings is 1. The number of rotatable bonds is 7. The highest BCUT2D eigenvalue weighted by molar-refractivity contribution is 6.30. The summed E-state index contributed by atoms with van der Waals surface area (Å²) in [6.07, 6.45) is 3.49. The molecule has 6 rings (SSSR count). The predicted octanol–water partition coefficient (Wildman–Crippen LogP) is 5.42. The Kier molecular flexibility index (Phi) is 7.34. The molecule has 4 heterocycles. The van der Waals surface area contributed by atoms with Gasteiger partial charge in [0, 0.05) is 47.6 Å². The van der Waals surface area contributed by atoms with Gasteiger partial charge in [0.25, 0.3) is 5.89 Å². The minimum absolute atomic E-state index is 0.233. The van der Waals surface area contributed by atoms with Crippen molar-refractivity contribution in [2.24, 2.45) is 5.92 Å². The van der Waals surface area contributed by atoms with E-state index in [0.29, 0.717) is 53.5 Å². The molecule has 0 N–H and O–H groups in total. The fraction of sp³-hybridized carbons (Fsp3) is 0.400. The lowest BCUT2D eigenvalue weighted by molar-refractivity contribution is 0.0934. The zero-order valence-corrected chi connectivity index (χ0v) is 23.1. The number of aromatic nitrogens is 3. The van der Waals surface area contributed by atoms with E-state index in [1.54, 1.807) is 25.3 Å². The van der Waals surface area contributed by atoms with Crippen LogP contribution in [0, 0.1) is 5.92 Å². The van der Waals surface area contributed by atoms with Gasteiger partial charge in [-0.3, -0.25) is 14.7 Å². The first-order valence-electron chi connectivity index (χ1n) is 13.5. The summed E-state index contributed by atoms with van der Waals surface area (Å²) in [5, 5.41) is 5.74. The molecule has 0 saturated carbocycles. The van der Waals surface area contributed by atoms with Crippen molar-refractivity contribution in [3.63, 3.8) is 0 Å². The molecule has 0 aliphatic carbocycles. The van der Waals surface area contributed by atoms with Crippen LogP contribution in [0.2, 0.25) is 5.02 Å². The minimum Gasteiger partial charge on any atom is -0.496 e. The smallest absolute Gasteiger partial charge is 0.261 e. The van der Waals surface area contributed by atoms with Crippen LogP contribution in [-0.2, 0) is 19.5 Å². The van der Waals surface area contributed by atoms with Gasteiger partial charge >= 0.3 is 0 Å². The van der Waals surface area contributed by atoms with Crippen LogP contribution in [0.15, 0.2) is 47.0 Å². The average molecular weight is 546 g/mol. The molecular formula is C30H32ClN5O3. The van der Waals surface area contributed by atoms with Gasteiger partial charge in [-0.2, -0.15) is 4.98 Å². The Balaban J connectivity index is 1.26. The number of likely N-dealkylation sites (tertiary alicyclic amines) is 1. The summed E-state index contributed by atoms with van der Waals surface area (Å²) in [6, 6.07) is 13.3. The molecule has 39 heavy (non-hydrogen) atoms. The number of carbonyl (C=O) groups is 1. The Morgan fingerprint density at radius 3 is 2.77 bits per heavy atom. The second-order valence-corrected chi connectivity index (χ2v) is 11.1. The van der Waals surface area contributed by atoms with Crippen LogP contribution in [0.5, 0.6) is 5.75 Å². The number of halogens is 1. The molecule has 9 heteroatoms. The fourth-order valence-electron chi connectivity index (χ4n) is 5.80. The molecule has 1 saturated heterocycles. The maximum Gasteiger partial charge on any atom is 0.261 e. The Labute approximate surface area is 232 Å². The lowest BCUT2D eigenvalue weighted by Gasteiger charge is -2.31. The monoisotopic (exact) mass is 545 g/mol. The SMILES string of the molecule is COc1ccc(Cl)cc1-c1nc(CN2CCc3nc4ccccc4c(C(=O)CC4CCN(C)CC4)c3C2)no1. The van der Waals surface area contributed by atoms with Crippen molar-refractivity contribution in [1.29, 1.82) is 0 Å². The lowest BCUT2D eigenvalue weighted by Crippen LogP contribution is -2.33. The van der Waals surface area contributed by atoms with Gasteiger partial charge in [-0.15, -0.1) is 0 Å². The molecule has 0 amide bonds. The molecule has 0 radical (unpaired) electrons. The second-order valence-electron chi connectivity index (χ2n) is 10.6. The van der Waals surface area contributed by atoms with E-state index in [-0.39, 0.29) is 5.78 Å². The standard InChI is InChI=1S/C30H32ClN5O3/c1-35-12-9-19(10-13-35)15-26(37)29-21-5-3-4-6-24(21)32-25-11-14-36(17-23(25)29)18-28-33-30(39-34-28)22-16-20(31)7-8-27(22)38-2/h3-8,16,19H,9-15,17-18H2,1-2H3. The molecule has 2 aromatic carbocycles. The molecule has 0 bridgehead atoms. The van der Waals surface area contributed by atoms with Gasteiger partial charge in [0.2, 0.25) is 0 Å². The number of hydrogen-bond donors (Lipinski definition) is 0. The highest BCUT2D eigenvalue weighted by Crippen LogP contribution is 2.33. The Morgan fingerprint density at radius 2 is 1.95 bits per heavy atom. The number of benzene rings is 2. The van der Waals surface area contributed by atoms with E-state index in [9.17, 15) is 4.79 Å². The summed E-state index contributed by atoms with van der Waals surface area (Å²) in [5.74, 6) is 2.22. The van der Waals surface area contributed by atoms with E-state index in [4.69, 9.17) is 25.8 Å². The van der Waals surface area contributed by atoms with E-state index in [1.165, 1.54) is 0 Å². The van der Waals surface area contributed by atoms with Gasteiger partial charge in [-0.05, 0) is 68.7 Å². The van der Waals surface area contributed by atoms with Crippen LogP contribution >= 0.6 is 11.6 Å². The van der Waals surface area contributed by atoms with Gasteiger partial charge < -0.3 is 14.2 Å². The first-order valence-corrected chi connectivity index (χ1v) is 13.9. The summed E-state index contributed by atoms with van der Waals surface area (Å²) in [4.78, 5) is 28.1. The highest BCUT2D eigenvalue weighted by atomic mass is 35.5. The zero-order valence-electron chi connectivity index (χ0n) is 22.3. The van der Waals surface area contributed by atoms with Crippen molar-refractivity contribution in [3.05, 3.63) is 70.1 Å². The largest absolute Gasteiger partial charge is 0.496 e. The van der Waals surface area contributed by atoms with Crippen LogP contribution < -0.4 is 4.74 Å². The molecule has 2 aromatic heterocycles. The highest BCUT2D eigenvalue weighted by Gasteiger charge is 2.29. The number of piperidine rings is 1. The van der Waals surface area contributed by atoms with Crippen LogP contribution in [0.1, 0.15) is 46.7 Å². The summed E-state index contributed by atoms with van der Waals surface area (Å²) in [6.45, 7) is 4.02. The normalized spacial score (nSPS) is 16.9. The summed E-state index contributed by atoms with van der Waals surface area (Å²) in [7, 11) is 3.75. The first kappa shape index (κ1) is 25.9. The molecular weight excluding hydrogens is 514 g/mol. The van der Waals surface area contributed by atoms with Gasteiger partial charge in [0.1, 0.15) is 5.75 Å². The number of para-hydroxylation sites is 1. The van der Waals surface area contributed by atoms with E-state index in [2.05, 4.69) is 27.0 Å². The molecule has 2 aliphatic heterocycles. The van der Waals surface area contributed by atoms with Gasteiger partial charge in [-0.25, -0.2) is 0 Å². The van der Waals surface area contributed by atoms with E-state index in [1.807, 2.05) is 24.3 Å².